The summed E-state index contributed by atoms with van der Waals surface area (Å²) >= 11 is 11.7. The summed E-state index contributed by atoms with van der Waals surface area (Å²) in [5.74, 6) is 0. The van der Waals surface area contributed by atoms with Crippen LogP contribution in [0.5, 0.6) is 0 Å². The van der Waals surface area contributed by atoms with Gasteiger partial charge in [0, 0.05) is 0 Å². The van der Waals surface area contributed by atoms with Crippen LogP contribution in [0.25, 0.3) is 11.8 Å². The van der Waals surface area contributed by atoms with Gasteiger partial charge in [-0.25, -0.2) is 4.68 Å². The quantitative estimate of drug-likeness (QED) is 0.831. The zero-order valence-electron chi connectivity index (χ0n) is 9.25. The number of hydrogen-bond donors (Lipinski definition) is 0. The predicted octanol–water partition coefficient (Wildman–Crippen LogP) is 4.24. The number of hydrogen-bond acceptors (Lipinski definition) is 2. The lowest BCUT2D eigenvalue weighted by Gasteiger charge is -2.11. The fourth-order valence-corrected chi connectivity index (χ4v) is 2.09. The fourth-order valence-electron chi connectivity index (χ4n) is 1.43. The molecule has 0 radical (unpaired) electrons. The van der Waals surface area contributed by atoms with Gasteiger partial charge in [-0.2, -0.15) is 13.2 Å². The van der Waals surface area contributed by atoms with Crippen molar-refractivity contribution in [1.82, 2.24) is 15.0 Å². The standard InChI is InChI=1S/C11H6Cl2F3N3/c1-2-7-5-19(18-17-7)10-8(12)3-6(4-9(10)13)11(14,15)16/h2-5H,1H2. The van der Waals surface area contributed by atoms with Crippen LogP contribution in [-0.4, -0.2) is 15.0 Å². The predicted molar refractivity (Wildman–Crippen MR) is 66.5 cm³/mol. The summed E-state index contributed by atoms with van der Waals surface area (Å²) in [6.45, 7) is 3.50. The average Bonchev–Trinajstić information content (AvgIpc) is 2.75. The number of alkyl halides is 3. The highest BCUT2D eigenvalue weighted by Gasteiger charge is 2.32. The van der Waals surface area contributed by atoms with Gasteiger partial charge in [-0.15, -0.1) is 5.10 Å². The number of rotatable bonds is 2. The smallest absolute Gasteiger partial charge is 0.217 e. The van der Waals surface area contributed by atoms with Crippen molar-refractivity contribution in [3.05, 3.63) is 46.2 Å². The van der Waals surface area contributed by atoms with Crippen LogP contribution in [-0.2, 0) is 6.18 Å². The molecule has 0 saturated carbocycles. The lowest BCUT2D eigenvalue weighted by Crippen LogP contribution is -2.07. The van der Waals surface area contributed by atoms with Gasteiger partial charge in [0.2, 0.25) is 0 Å². The Labute approximate surface area is 116 Å². The molecule has 1 aromatic heterocycles. The molecule has 0 aliphatic rings. The molecule has 2 rings (SSSR count). The van der Waals surface area contributed by atoms with Crippen molar-refractivity contribution in [2.75, 3.05) is 0 Å². The van der Waals surface area contributed by atoms with E-state index in [4.69, 9.17) is 23.2 Å². The molecule has 0 aliphatic heterocycles. The molecule has 0 unspecified atom stereocenters. The maximum atomic E-state index is 12.6. The molecule has 3 nitrogen and oxygen atoms in total. The first-order valence-corrected chi connectivity index (χ1v) is 5.70. The highest BCUT2D eigenvalue weighted by atomic mass is 35.5. The van der Waals surface area contributed by atoms with Crippen molar-refractivity contribution in [2.45, 2.75) is 6.18 Å². The van der Waals surface area contributed by atoms with Crippen LogP contribution < -0.4 is 0 Å². The van der Waals surface area contributed by atoms with Crippen molar-refractivity contribution in [3.63, 3.8) is 0 Å². The van der Waals surface area contributed by atoms with Gasteiger partial charge >= 0.3 is 6.18 Å². The van der Waals surface area contributed by atoms with E-state index < -0.39 is 11.7 Å². The minimum atomic E-state index is -4.51. The van der Waals surface area contributed by atoms with Gasteiger partial charge in [0.05, 0.1) is 21.8 Å². The van der Waals surface area contributed by atoms with Crippen LogP contribution in [0.1, 0.15) is 11.3 Å². The monoisotopic (exact) mass is 307 g/mol. The van der Waals surface area contributed by atoms with Crippen LogP contribution in [0.15, 0.2) is 24.9 Å². The third-order valence-corrected chi connectivity index (χ3v) is 2.87. The maximum absolute atomic E-state index is 12.6. The van der Waals surface area contributed by atoms with E-state index in [2.05, 4.69) is 16.9 Å². The van der Waals surface area contributed by atoms with Crippen LogP contribution in [0, 0.1) is 0 Å². The molecule has 8 heteroatoms. The van der Waals surface area contributed by atoms with Crippen molar-refractivity contribution in [3.8, 4) is 5.69 Å². The molecule has 0 aliphatic carbocycles. The van der Waals surface area contributed by atoms with Crippen LogP contribution >= 0.6 is 23.2 Å². The van der Waals surface area contributed by atoms with Gasteiger partial charge in [0.1, 0.15) is 11.4 Å². The summed E-state index contributed by atoms with van der Waals surface area (Å²) in [6, 6.07) is 1.58. The molecule has 0 bridgehead atoms. The highest BCUT2D eigenvalue weighted by molar-refractivity contribution is 6.37. The Morgan fingerprint density at radius 3 is 2.21 bits per heavy atom. The lowest BCUT2D eigenvalue weighted by atomic mass is 10.2. The van der Waals surface area contributed by atoms with Crippen LogP contribution in [0.4, 0.5) is 13.2 Å². The topological polar surface area (TPSA) is 30.7 Å². The van der Waals surface area contributed by atoms with E-state index in [0.717, 1.165) is 12.1 Å². The van der Waals surface area contributed by atoms with Crippen molar-refractivity contribution in [1.29, 1.82) is 0 Å². The molecule has 0 atom stereocenters. The van der Waals surface area contributed by atoms with Gasteiger partial charge in [0.15, 0.2) is 0 Å². The molecule has 0 fully saturated rings. The van der Waals surface area contributed by atoms with E-state index in [1.807, 2.05) is 0 Å². The second-order valence-electron chi connectivity index (χ2n) is 3.58. The van der Waals surface area contributed by atoms with Gasteiger partial charge in [-0.1, -0.05) is 35.0 Å². The zero-order chi connectivity index (χ0) is 14.2. The van der Waals surface area contributed by atoms with Crippen LogP contribution in [0.3, 0.4) is 0 Å². The summed E-state index contributed by atoms with van der Waals surface area (Å²) < 4.78 is 38.9. The Morgan fingerprint density at radius 1 is 1.21 bits per heavy atom. The van der Waals surface area contributed by atoms with Crippen molar-refractivity contribution < 1.29 is 13.2 Å². The fraction of sp³-hybridized carbons (Fsp3) is 0.0909. The molecular weight excluding hydrogens is 302 g/mol. The Morgan fingerprint density at radius 2 is 1.79 bits per heavy atom. The summed E-state index contributed by atoms with van der Waals surface area (Å²) in [7, 11) is 0. The maximum Gasteiger partial charge on any atom is 0.416 e. The van der Waals surface area contributed by atoms with E-state index in [9.17, 15) is 13.2 Å². The third kappa shape index (κ3) is 2.74. The second-order valence-corrected chi connectivity index (χ2v) is 4.39. The molecule has 2 aromatic rings. The molecule has 1 heterocycles. The highest BCUT2D eigenvalue weighted by Crippen LogP contribution is 2.37. The molecule has 0 spiro atoms. The van der Waals surface area contributed by atoms with E-state index in [0.29, 0.717) is 5.69 Å². The molecular formula is C11H6Cl2F3N3. The zero-order valence-corrected chi connectivity index (χ0v) is 10.8. The summed E-state index contributed by atoms with van der Waals surface area (Å²) in [6.07, 6.45) is -1.62. The Hall–Kier alpha value is -1.53. The minimum absolute atomic E-state index is 0.136. The van der Waals surface area contributed by atoms with E-state index in [1.54, 1.807) is 0 Å². The van der Waals surface area contributed by atoms with Crippen LogP contribution in [0.2, 0.25) is 10.0 Å². The third-order valence-electron chi connectivity index (χ3n) is 2.29. The molecule has 0 saturated heterocycles. The largest absolute Gasteiger partial charge is 0.416 e. The van der Waals surface area contributed by atoms with E-state index in [1.165, 1.54) is 17.0 Å². The number of benzene rings is 1. The molecule has 0 amide bonds. The number of halogens is 5. The summed E-state index contributed by atoms with van der Waals surface area (Å²) in [4.78, 5) is 0. The number of nitrogens with zero attached hydrogens (tertiary/aromatic N) is 3. The van der Waals surface area contributed by atoms with Gasteiger partial charge < -0.3 is 0 Å². The first-order valence-electron chi connectivity index (χ1n) is 4.94. The van der Waals surface area contributed by atoms with E-state index >= 15 is 0 Å². The summed E-state index contributed by atoms with van der Waals surface area (Å²) in [5, 5.41) is 7.10. The average molecular weight is 308 g/mol. The molecule has 19 heavy (non-hydrogen) atoms. The Kier molecular flexibility index (Phi) is 3.56. The van der Waals surface area contributed by atoms with E-state index in [-0.39, 0.29) is 15.7 Å². The second kappa shape index (κ2) is 4.86. The Balaban J connectivity index is 2.56. The van der Waals surface area contributed by atoms with Gasteiger partial charge in [-0.05, 0) is 18.2 Å². The SMILES string of the molecule is C=Cc1cn(-c2c(Cl)cc(C(F)(F)F)cc2Cl)nn1. The molecule has 100 valence electrons. The normalized spacial score (nSPS) is 11.6. The van der Waals surface area contributed by atoms with Gasteiger partial charge in [0.25, 0.3) is 0 Å². The molecule has 0 N–H and O–H groups in total. The summed E-state index contributed by atoms with van der Waals surface area (Å²) in [5.41, 5.74) is -0.334. The molecule has 1 aromatic carbocycles. The Bertz CT molecular complexity index is 611. The first kappa shape index (κ1) is 13.9. The van der Waals surface area contributed by atoms with Crippen molar-refractivity contribution in [2.24, 2.45) is 0 Å². The lowest BCUT2D eigenvalue weighted by molar-refractivity contribution is -0.137. The first-order chi connectivity index (χ1) is 8.82. The van der Waals surface area contributed by atoms with Crippen molar-refractivity contribution >= 4 is 29.3 Å². The number of aromatic nitrogens is 3. The minimum Gasteiger partial charge on any atom is -0.217 e. The van der Waals surface area contributed by atoms with Gasteiger partial charge in [-0.3, -0.25) is 0 Å².